The van der Waals surface area contributed by atoms with Crippen LogP contribution in [0.3, 0.4) is 0 Å². The number of carbonyl (C=O) groups excluding carboxylic acids is 2. The van der Waals surface area contributed by atoms with Gasteiger partial charge in [0, 0.05) is 5.56 Å². The second-order valence-corrected chi connectivity index (χ2v) is 5.14. The lowest BCUT2D eigenvalue weighted by molar-refractivity contribution is -0.145. The van der Waals surface area contributed by atoms with Crippen molar-refractivity contribution in [2.24, 2.45) is 0 Å². The van der Waals surface area contributed by atoms with Crippen LogP contribution in [-0.4, -0.2) is 24.5 Å². The highest BCUT2D eigenvalue weighted by atomic mass is 19.4. The fraction of sp³-hybridized carbons (Fsp3) is 0.500. The van der Waals surface area contributed by atoms with E-state index in [1.54, 1.807) is 0 Å². The number of hydrogen-bond donors (Lipinski definition) is 1. The average Bonchev–Trinajstić information content (AvgIpc) is 2.50. The summed E-state index contributed by atoms with van der Waals surface area (Å²) in [4.78, 5) is 23.6. The van der Waals surface area contributed by atoms with Gasteiger partial charge in [-0.3, -0.25) is 4.79 Å². The number of alkyl halides is 3. The van der Waals surface area contributed by atoms with Gasteiger partial charge in [-0.05, 0) is 37.6 Å². The van der Waals surface area contributed by atoms with E-state index >= 15 is 0 Å². The molecular formula is C16H20F3NO3. The minimum Gasteiger partial charge on any atom is -0.464 e. The summed E-state index contributed by atoms with van der Waals surface area (Å²) in [5, 5.41) is 2.40. The largest absolute Gasteiger partial charge is 0.464 e. The minimum atomic E-state index is -4.45. The summed E-state index contributed by atoms with van der Waals surface area (Å²) in [6.07, 6.45) is -1.76. The molecule has 0 saturated carbocycles. The van der Waals surface area contributed by atoms with E-state index < -0.39 is 29.7 Å². The average molecular weight is 331 g/mol. The molecule has 128 valence electrons. The van der Waals surface area contributed by atoms with Crippen molar-refractivity contribution in [1.82, 2.24) is 5.32 Å². The molecule has 0 saturated heterocycles. The molecule has 1 rings (SSSR count). The van der Waals surface area contributed by atoms with Gasteiger partial charge < -0.3 is 10.1 Å². The van der Waals surface area contributed by atoms with Crippen LogP contribution < -0.4 is 5.32 Å². The molecule has 1 N–H and O–H groups in total. The number of hydrogen-bond acceptors (Lipinski definition) is 3. The lowest BCUT2D eigenvalue weighted by Gasteiger charge is -2.14. The Hall–Kier alpha value is -2.05. The van der Waals surface area contributed by atoms with Crippen molar-refractivity contribution in [3.63, 3.8) is 0 Å². The van der Waals surface area contributed by atoms with Gasteiger partial charge in [0.05, 0.1) is 12.2 Å². The van der Waals surface area contributed by atoms with Crippen molar-refractivity contribution in [1.29, 1.82) is 0 Å². The normalized spacial score (nSPS) is 12.6. The fourth-order valence-electron chi connectivity index (χ4n) is 1.80. The number of esters is 1. The van der Waals surface area contributed by atoms with Gasteiger partial charge in [0.25, 0.3) is 5.91 Å². The molecule has 1 amide bonds. The number of rotatable bonds is 7. The molecule has 0 aliphatic carbocycles. The molecule has 0 spiro atoms. The van der Waals surface area contributed by atoms with Crippen LogP contribution >= 0.6 is 0 Å². The van der Waals surface area contributed by atoms with Crippen molar-refractivity contribution in [3.05, 3.63) is 35.4 Å². The van der Waals surface area contributed by atoms with E-state index in [9.17, 15) is 22.8 Å². The third-order valence-electron chi connectivity index (χ3n) is 3.17. The van der Waals surface area contributed by atoms with Crippen LogP contribution in [-0.2, 0) is 15.7 Å². The van der Waals surface area contributed by atoms with Gasteiger partial charge in [0.1, 0.15) is 6.04 Å². The smallest absolute Gasteiger partial charge is 0.416 e. The van der Waals surface area contributed by atoms with Crippen molar-refractivity contribution in [2.75, 3.05) is 6.61 Å². The summed E-state index contributed by atoms with van der Waals surface area (Å²) >= 11 is 0. The number of unbranched alkanes of at least 4 members (excludes halogenated alkanes) is 2. The van der Waals surface area contributed by atoms with Gasteiger partial charge >= 0.3 is 12.1 Å². The zero-order valence-electron chi connectivity index (χ0n) is 13.1. The maximum absolute atomic E-state index is 12.4. The lowest BCUT2D eigenvalue weighted by atomic mass is 10.1. The van der Waals surface area contributed by atoms with E-state index in [1.807, 2.05) is 6.92 Å². The summed E-state index contributed by atoms with van der Waals surface area (Å²) in [5.41, 5.74) is -0.791. The molecule has 0 bridgehead atoms. The Bertz CT molecular complexity index is 526. The highest BCUT2D eigenvalue weighted by Gasteiger charge is 2.30. The molecule has 0 unspecified atom stereocenters. The third kappa shape index (κ3) is 6.30. The molecule has 1 aromatic carbocycles. The van der Waals surface area contributed by atoms with Crippen molar-refractivity contribution in [2.45, 2.75) is 45.3 Å². The Labute approximate surface area is 133 Å². The number of carbonyl (C=O) groups is 2. The fourth-order valence-corrected chi connectivity index (χ4v) is 1.80. The summed E-state index contributed by atoms with van der Waals surface area (Å²) in [5.74, 6) is -1.20. The molecule has 1 atom stereocenters. The molecule has 0 heterocycles. The summed E-state index contributed by atoms with van der Waals surface area (Å²) < 4.78 is 42.3. The molecule has 0 aromatic heterocycles. The SMILES string of the molecule is CCCCCOC(=O)[C@H](C)NC(=O)c1ccc(C(F)(F)F)cc1. The van der Waals surface area contributed by atoms with E-state index in [4.69, 9.17) is 4.74 Å². The highest BCUT2D eigenvalue weighted by molar-refractivity contribution is 5.96. The summed E-state index contributed by atoms with van der Waals surface area (Å²) in [7, 11) is 0. The maximum Gasteiger partial charge on any atom is 0.416 e. The van der Waals surface area contributed by atoms with Crippen molar-refractivity contribution < 1.29 is 27.5 Å². The molecule has 0 aliphatic heterocycles. The molecule has 0 fully saturated rings. The van der Waals surface area contributed by atoms with Crippen LogP contribution in [0, 0.1) is 0 Å². The number of ether oxygens (including phenoxy) is 1. The molecule has 0 radical (unpaired) electrons. The highest BCUT2D eigenvalue weighted by Crippen LogP contribution is 2.29. The van der Waals surface area contributed by atoms with Crippen LogP contribution in [0.4, 0.5) is 13.2 Å². The molecular weight excluding hydrogens is 311 g/mol. The predicted octanol–water partition coefficient (Wildman–Crippen LogP) is 3.56. The Kier molecular flexibility index (Phi) is 7.06. The first-order valence-corrected chi connectivity index (χ1v) is 7.40. The number of amides is 1. The quantitative estimate of drug-likeness (QED) is 0.614. The monoisotopic (exact) mass is 331 g/mol. The first kappa shape index (κ1) is 19.0. The topological polar surface area (TPSA) is 55.4 Å². The third-order valence-corrected chi connectivity index (χ3v) is 3.17. The van der Waals surface area contributed by atoms with Gasteiger partial charge in [-0.2, -0.15) is 13.2 Å². The Morgan fingerprint density at radius 3 is 2.30 bits per heavy atom. The number of benzene rings is 1. The number of halogens is 3. The van der Waals surface area contributed by atoms with Crippen LogP contribution in [0.25, 0.3) is 0 Å². The summed E-state index contributed by atoms with van der Waals surface area (Å²) in [6, 6.07) is 2.91. The van der Waals surface area contributed by atoms with E-state index in [-0.39, 0.29) is 12.2 Å². The van der Waals surface area contributed by atoms with Crippen molar-refractivity contribution >= 4 is 11.9 Å². The molecule has 1 aromatic rings. The minimum absolute atomic E-state index is 0.0450. The van der Waals surface area contributed by atoms with E-state index in [0.29, 0.717) is 0 Å². The summed E-state index contributed by atoms with van der Waals surface area (Å²) in [6.45, 7) is 3.77. The van der Waals surface area contributed by atoms with E-state index in [0.717, 1.165) is 43.5 Å². The zero-order valence-corrected chi connectivity index (χ0v) is 13.1. The molecule has 7 heteroatoms. The zero-order chi connectivity index (χ0) is 17.5. The van der Waals surface area contributed by atoms with Crippen molar-refractivity contribution in [3.8, 4) is 0 Å². The van der Waals surface area contributed by atoms with Crippen LogP contribution in [0.15, 0.2) is 24.3 Å². The van der Waals surface area contributed by atoms with Crippen LogP contribution in [0.5, 0.6) is 0 Å². The lowest BCUT2D eigenvalue weighted by Crippen LogP contribution is -2.39. The Balaban J connectivity index is 2.53. The second-order valence-electron chi connectivity index (χ2n) is 5.14. The second kappa shape index (κ2) is 8.55. The molecule has 0 aliphatic rings. The van der Waals surface area contributed by atoms with Gasteiger partial charge in [-0.1, -0.05) is 19.8 Å². The van der Waals surface area contributed by atoms with Gasteiger partial charge in [-0.25, -0.2) is 4.79 Å². The van der Waals surface area contributed by atoms with E-state index in [2.05, 4.69) is 5.32 Å². The van der Waals surface area contributed by atoms with E-state index in [1.165, 1.54) is 6.92 Å². The van der Waals surface area contributed by atoms with Crippen LogP contribution in [0.2, 0.25) is 0 Å². The molecule has 23 heavy (non-hydrogen) atoms. The van der Waals surface area contributed by atoms with Crippen LogP contribution in [0.1, 0.15) is 49.0 Å². The van der Waals surface area contributed by atoms with Gasteiger partial charge in [-0.15, -0.1) is 0 Å². The first-order valence-electron chi connectivity index (χ1n) is 7.40. The Morgan fingerprint density at radius 1 is 1.17 bits per heavy atom. The maximum atomic E-state index is 12.4. The van der Waals surface area contributed by atoms with Gasteiger partial charge in [0.2, 0.25) is 0 Å². The van der Waals surface area contributed by atoms with Gasteiger partial charge in [0.15, 0.2) is 0 Å². The first-order chi connectivity index (χ1) is 10.8. The predicted molar refractivity (Wildman–Crippen MR) is 78.9 cm³/mol. The Morgan fingerprint density at radius 2 is 1.78 bits per heavy atom. The molecule has 4 nitrogen and oxygen atoms in total. The number of nitrogens with one attached hydrogen (secondary N) is 1. The standard InChI is InChI=1S/C16H20F3NO3/c1-3-4-5-10-23-15(22)11(2)20-14(21)12-6-8-13(9-7-12)16(17,18)19/h6-9,11H,3-5,10H2,1-2H3,(H,20,21)/t11-/m0/s1.